The third-order valence-electron chi connectivity index (χ3n) is 5.27. The first kappa shape index (κ1) is 17.0. The van der Waals surface area contributed by atoms with Gasteiger partial charge in [0.05, 0.1) is 23.9 Å². The maximum atomic E-state index is 14.0. The number of piperazine rings is 1. The molecule has 138 valence electrons. The van der Waals surface area contributed by atoms with Gasteiger partial charge >= 0.3 is 0 Å². The van der Waals surface area contributed by atoms with Gasteiger partial charge in [-0.1, -0.05) is 12.1 Å². The van der Waals surface area contributed by atoms with Gasteiger partial charge in [-0.2, -0.15) is 5.10 Å². The minimum Gasteiger partial charge on any atom is -0.373 e. The molecule has 2 aliphatic rings. The molecule has 26 heavy (non-hydrogen) atoms. The number of amides is 1. The standard InChI is InChI=1S/C19H23FN4O2/c20-16-5-1-2-6-17(16)23-7-9-24(10-8-23)19(25)15-4-3-11-26-18(15)14-12-21-22-13-14/h1-2,5-6,12-13,15,18H,3-4,7-11H2,(H,21,22)/t15-,18+/m1/s1. The molecule has 2 fully saturated rings. The van der Waals surface area contributed by atoms with Crippen LogP contribution in [0.1, 0.15) is 24.5 Å². The van der Waals surface area contributed by atoms with E-state index in [9.17, 15) is 9.18 Å². The van der Waals surface area contributed by atoms with Crippen molar-refractivity contribution in [2.45, 2.75) is 18.9 Å². The lowest BCUT2D eigenvalue weighted by Gasteiger charge is -2.39. The number of para-hydroxylation sites is 1. The monoisotopic (exact) mass is 358 g/mol. The van der Waals surface area contributed by atoms with E-state index in [1.54, 1.807) is 24.5 Å². The van der Waals surface area contributed by atoms with Crippen LogP contribution < -0.4 is 4.90 Å². The van der Waals surface area contributed by atoms with Crippen molar-refractivity contribution < 1.29 is 13.9 Å². The van der Waals surface area contributed by atoms with Gasteiger partial charge in [0.25, 0.3) is 0 Å². The second-order valence-corrected chi connectivity index (χ2v) is 6.84. The zero-order valence-electron chi connectivity index (χ0n) is 14.6. The van der Waals surface area contributed by atoms with Crippen LogP contribution in [0.15, 0.2) is 36.7 Å². The molecule has 4 rings (SSSR count). The number of hydrogen-bond donors (Lipinski definition) is 1. The number of carbonyl (C=O) groups excluding carboxylic acids is 1. The first-order valence-corrected chi connectivity index (χ1v) is 9.12. The summed E-state index contributed by atoms with van der Waals surface area (Å²) in [6.07, 6.45) is 5.00. The summed E-state index contributed by atoms with van der Waals surface area (Å²) in [5, 5.41) is 6.78. The molecule has 1 N–H and O–H groups in total. The molecule has 2 aliphatic heterocycles. The fraction of sp³-hybridized carbons (Fsp3) is 0.474. The molecule has 0 aliphatic carbocycles. The van der Waals surface area contributed by atoms with Crippen LogP contribution in [0.4, 0.5) is 10.1 Å². The van der Waals surface area contributed by atoms with Crippen molar-refractivity contribution in [3.05, 3.63) is 48.0 Å². The van der Waals surface area contributed by atoms with Crippen molar-refractivity contribution in [1.29, 1.82) is 0 Å². The number of hydrogen-bond acceptors (Lipinski definition) is 4. The van der Waals surface area contributed by atoms with E-state index in [1.165, 1.54) is 6.07 Å². The second-order valence-electron chi connectivity index (χ2n) is 6.84. The predicted octanol–water partition coefficient (Wildman–Crippen LogP) is 2.37. The van der Waals surface area contributed by atoms with E-state index >= 15 is 0 Å². The minimum atomic E-state index is -0.236. The van der Waals surface area contributed by atoms with Crippen molar-refractivity contribution in [3.63, 3.8) is 0 Å². The van der Waals surface area contributed by atoms with E-state index in [1.807, 2.05) is 15.9 Å². The van der Waals surface area contributed by atoms with E-state index in [0.29, 0.717) is 38.5 Å². The van der Waals surface area contributed by atoms with Gasteiger partial charge in [0.2, 0.25) is 5.91 Å². The van der Waals surface area contributed by atoms with Crippen molar-refractivity contribution in [2.75, 3.05) is 37.7 Å². The van der Waals surface area contributed by atoms with Gasteiger partial charge in [0.15, 0.2) is 0 Å². The summed E-state index contributed by atoms with van der Waals surface area (Å²) < 4.78 is 19.9. The Balaban J connectivity index is 1.42. The Morgan fingerprint density at radius 3 is 2.77 bits per heavy atom. The molecule has 7 heteroatoms. The first-order valence-electron chi connectivity index (χ1n) is 9.12. The van der Waals surface area contributed by atoms with Crippen LogP contribution >= 0.6 is 0 Å². The number of anilines is 1. The number of ether oxygens (including phenoxy) is 1. The van der Waals surface area contributed by atoms with Crippen LogP contribution in [0.2, 0.25) is 0 Å². The molecule has 0 radical (unpaired) electrons. The molecule has 0 bridgehead atoms. The topological polar surface area (TPSA) is 61.5 Å². The van der Waals surface area contributed by atoms with Gasteiger partial charge in [-0.25, -0.2) is 4.39 Å². The second kappa shape index (κ2) is 7.45. The number of carbonyl (C=O) groups is 1. The molecule has 1 amide bonds. The van der Waals surface area contributed by atoms with Crippen LogP contribution in [-0.2, 0) is 9.53 Å². The normalized spacial score (nSPS) is 23.9. The van der Waals surface area contributed by atoms with E-state index < -0.39 is 0 Å². The highest BCUT2D eigenvalue weighted by molar-refractivity contribution is 5.80. The number of aromatic nitrogens is 2. The maximum absolute atomic E-state index is 14.0. The van der Waals surface area contributed by atoms with Gasteiger partial charge < -0.3 is 14.5 Å². The smallest absolute Gasteiger partial charge is 0.228 e. The first-order chi connectivity index (χ1) is 12.7. The fourth-order valence-corrected chi connectivity index (χ4v) is 3.89. The minimum absolute atomic E-state index is 0.129. The van der Waals surface area contributed by atoms with Gasteiger partial charge in [-0.15, -0.1) is 0 Å². The lowest BCUT2D eigenvalue weighted by atomic mass is 9.89. The Bertz CT molecular complexity index is 744. The molecular weight excluding hydrogens is 335 g/mol. The molecule has 0 unspecified atom stereocenters. The van der Waals surface area contributed by atoms with Crippen LogP contribution in [0, 0.1) is 11.7 Å². The Labute approximate surface area is 151 Å². The van der Waals surface area contributed by atoms with E-state index in [-0.39, 0.29) is 23.7 Å². The molecule has 0 spiro atoms. The summed E-state index contributed by atoms with van der Waals surface area (Å²) in [5.74, 6) is -0.265. The Morgan fingerprint density at radius 2 is 2.04 bits per heavy atom. The zero-order valence-corrected chi connectivity index (χ0v) is 14.6. The van der Waals surface area contributed by atoms with Crippen molar-refractivity contribution >= 4 is 11.6 Å². The van der Waals surface area contributed by atoms with Crippen LogP contribution in [0.5, 0.6) is 0 Å². The van der Waals surface area contributed by atoms with Crippen molar-refractivity contribution in [3.8, 4) is 0 Å². The number of aromatic amines is 1. The largest absolute Gasteiger partial charge is 0.373 e. The molecule has 6 nitrogen and oxygen atoms in total. The summed E-state index contributed by atoms with van der Waals surface area (Å²) in [4.78, 5) is 17.0. The highest BCUT2D eigenvalue weighted by atomic mass is 19.1. The quantitative estimate of drug-likeness (QED) is 0.915. The average molecular weight is 358 g/mol. The lowest BCUT2D eigenvalue weighted by molar-refractivity contribution is -0.145. The van der Waals surface area contributed by atoms with Gasteiger partial charge in [0, 0.05) is 44.5 Å². The van der Waals surface area contributed by atoms with Gasteiger partial charge in [0.1, 0.15) is 5.82 Å². The summed E-state index contributed by atoms with van der Waals surface area (Å²) in [6, 6.07) is 6.79. The van der Waals surface area contributed by atoms with Gasteiger partial charge in [-0.3, -0.25) is 9.89 Å². The highest BCUT2D eigenvalue weighted by Gasteiger charge is 2.37. The molecule has 0 saturated carbocycles. The number of benzene rings is 1. The molecule has 2 aromatic rings. The van der Waals surface area contributed by atoms with Crippen LogP contribution in [0.25, 0.3) is 0 Å². The lowest BCUT2D eigenvalue weighted by Crippen LogP contribution is -2.51. The van der Waals surface area contributed by atoms with Crippen LogP contribution in [0.3, 0.4) is 0 Å². The van der Waals surface area contributed by atoms with E-state index in [4.69, 9.17) is 4.74 Å². The SMILES string of the molecule is O=C([C@@H]1CCCO[C@H]1c1cn[nH]c1)N1CCN(c2ccccc2F)CC1. The van der Waals surface area contributed by atoms with Crippen molar-refractivity contribution in [2.24, 2.45) is 5.92 Å². The number of nitrogens with one attached hydrogen (secondary N) is 1. The zero-order chi connectivity index (χ0) is 17.9. The maximum Gasteiger partial charge on any atom is 0.228 e. The molecule has 2 saturated heterocycles. The van der Waals surface area contributed by atoms with E-state index in [0.717, 1.165) is 18.4 Å². The Hall–Kier alpha value is -2.41. The molecular formula is C19H23FN4O2. The van der Waals surface area contributed by atoms with Crippen molar-refractivity contribution in [1.82, 2.24) is 15.1 Å². The van der Waals surface area contributed by atoms with Crippen LogP contribution in [-0.4, -0.2) is 53.8 Å². The summed E-state index contributed by atoms with van der Waals surface area (Å²) in [6.45, 7) is 3.14. The van der Waals surface area contributed by atoms with Gasteiger partial charge in [-0.05, 0) is 25.0 Å². The molecule has 2 atom stereocenters. The fourth-order valence-electron chi connectivity index (χ4n) is 3.89. The number of H-pyrrole nitrogens is 1. The average Bonchev–Trinajstić information content (AvgIpc) is 3.23. The molecule has 1 aromatic heterocycles. The summed E-state index contributed by atoms with van der Waals surface area (Å²) in [5.41, 5.74) is 1.53. The molecule has 1 aromatic carbocycles. The number of nitrogens with zero attached hydrogens (tertiary/aromatic N) is 3. The Kier molecular flexibility index (Phi) is 4.88. The Morgan fingerprint density at radius 1 is 1.23 bits per heavy atom. The summed E-state index contributed by atoms with van der Waals surface area (Å²) in [7, 11) is 0. The van der Waals surface area contributed by atoms with E-state index in [2.05, 4.69) is 10.2 Å². The highest BCUT2D eigenvalue weighted by Crippen LogP contribution is 2.35. The summed E-state index contributed by atoms with van der Waals surface area (Å²) >= 11 is 0. The molecule has 3 heterocycles. The predicted molar refractivity (Wildman–Crippen MR) is 95.2 cm³/mol. The third-order valence-corrected chi connectivity index (χ3v) is 5.27. The number of rotatable bonds is 3. The number of halogens is 1. The third kappa shape index (κ3) is 3.31.